The molecule has 0 unspecified atom stereocenters. The molecule has 0 N–H and O–H groups in total. The molecule has 22 heavy (non-hydrogen) atoms. The van der Waals surface area contributed by atoms with Crippen LogP contribution in [0, 0.1) is 11.3 Å². The fraction of sp³-hybridized carbons (Fsp3) is 0.533. The van der Waals surface area contributed by atoms with Gasteiger partial charge in [-0.25, -0.2) is 0 Å². The molecule has 0 bridgehead atoms. The average molecular weight is 313 g/mol. The van der Waals surface area contributed by atoms with E-state index in [4.69, 9.17) is 14.6 Å². The molecule has 0 aliphatic carbocycles. The third-order valence-electron chi connectivity index (χ3n) is 3.82. The second kappa shape index (κ2) is 6.31. The number of rotatable bonds is 4. The second-order valence-corrected chi connectivity index (χ2v) is 5.99. The molecule has 1 saturated heterocycles. The van der Waals surface area contributed by atoms with E-state index in [-0.39, 0.29) is 11.9 Å². The number of nitriles is 1. The zero-order valence-electron chi connectivity index (χ0n) is 13.1. The van der Waals surface area contributed by atoms with Gasteiger partial charge in [0.1, 0.15) is 0 Å². The van der Waals surface area contributed by atoms with Gasteiger partial charge in [-0.1, -0.05) is 18.7 Å². The maximum atomic E-state index is 12.6. The molecule has 0 radical (unpaired) electrons. The summed E-state index contributed by atoms with van der Waals surface area (Å²) in [5, 5.41) is 8.97. The van der Waals surface area contributed by atoms with E-state index in [0.29, 0.717) is 6.08 Å². The van der Waals surface area contributed by atoms with E-state index >= 15 is 0 Å². The van der Waals surface area contributed by atoms with Gasteiger partial charge in [-0.05, 0) is 33.8 Å². The van der Waals surface area contributed by atoms with Gasteiger partial charge in [0, 0.05) is 11.9 Å². The maximum absolute atomic E-state index is 12.6. The summed E-state index contributed by atoms with van der Waals surface area (Å²) in [6, 6.07) is 1.73. The molecule has 0 atom stereocenters. The van der Waals surface area contributed by atoms with Crippen LogP contribution in [-0.4, -0.2) is 24.5 Å². The van der Waals surface area contributed by atoms with Crippen LogP contribution in [-0.2, 0) is 9.31 Å². The molecule has 0 aromatic carbocycles. The van der Waals surface area contributed by atoms with Gasteiger partial charge in [0.15, 0.2) is 0 Å². The molecule has 1 aliphatic heterocycles. The molecule has 1 fully saturated rings. The Morgan fingerprint density at radius 3 is 2.09 bits per heavy atom. The predicted octanol–water partition coefficient (Wildman–Crippen LogP) is 4.20. The van der Waals surface area contributed by atoms with E-state index in [1.54, 1.807) is 6.07 Å². The number of nitrogens with zero attached hydrogens (tertiary/aromatic N) is 1. The zero-order valence-corrected chi connectivity index (χ0v) is 13.1. The van der Waals surface area contributed by atoms with E-state index in [2.05, 4.69) is 6.58 Å². The van der Waals surface area contributed by atoms with Crippen LogP contribution in [0.2, 0.25) is 6.32 Å². The van der Waals surface area contributed by atoms with Crippen molar-refractivity contribution in [2.45, 2.75) is 51.4 Å². The third kappa shape index (κ3) is 4.25. The summed E-state index contributed by atoms with van der Waals surface area (Å²) in [7, 11) is -0.597. The first kappa shape index (κ1) is 18.5. The summed E-state index contributed by atoms with van der Waals surface area (Å²) in [6.07, 6.45) is -1.54. The number of halogens is 3. The molecular formula is C15H19BF3NO2. The minimum Gasteiger partial charge on any atom is -0.403 e. The largest absolute Gasteiger partial charge is 0.461 e. The van der Waals surface area contributed by atoms with Gasteiger partial charge in [0.05, 0.1) is 22.8 Å². The van der Waals surface area contributed by atoms with Crippen molar-refractivity contribution in [3.63, 3.8) is 0 Å². The lowest BCUT2D eigenvalue weighted by molar-refractivity contribution is -0.0881. The van der Waals surface area contributed by atoms with Crippen molar-refractivity contribution in [1.29, 1.82) is 5.26 Å². The predicted molar refractivity (Wildman–Crippen MR) is 78.9 cm³/mol. The molecule has 0 aromatic rings. The smallest absolute Gasteiger partial charge is 0.403 e. The molecule has 1 aliphatic rings. The van der Waals surface area contributed by atoms with Gasteiger partial charge in [-0.2, -0.15) is 18.4 Å². The molecule has 120 valence electrons. The second-order valence-electron chi connectivity index (χ2n) is 5.99. The average Bonchev–Trinajstić information content (AvgIpc) is 2.56. The van der Waals surface area contributed by atoms with E-state index in [9.17, 15) is 13.2 Å². The number of hydrogen-bond donors (Lipinski definition) is 0. The van der Waals surface area contributed by atoms with Gasteiger partial charge >= 0.3 is 13.3 Å². The third-order valence-corrected chi connectivity index (χ3v) is 3.82. The van der Waals surface area contributed by atoms with Crippen molar-refractivity contribution in [3.05, 3.63) is 36.0 Å². The van der Waals surface area contributed by atoms with Crippen LogP contribution < -0.4 is 0 Å². The Morgan fingerprint density at radius 1 is 1.23 bits per heavy atom. The van der Waals surface area contributed by atoms with Crippen LogP contribution in [0.4, 0.5) is 13.2 Å². The first-order valence-electron chi connectivity index (χ1n) is 6.80. The summed E-state index contributed by atoms with van der Waals surface area (Å²) in [5.74, 6) is 0. The Morgan fingerprint density at radius 2 is 1.73 bits per heavy atom. The van der Waals surface area contributed by atoms with Crippen LogP contribution in [0.5, 0.6) is 0 Å². The van der Waals surface area contributed by atoms with Crippen LogP contribution in [0.1, 0.15) is 27.7 Å². The molecule has 0 amide bonds. The lowest BCUT2D eigenvalue weighted by Crippen LogP contribution is -2.41. The highest BCUT2D eigenvalue weighted by molar-refractivity contribution is 6.46. The summed E-state index contributed by atoms with van der Waals surface area (Å²) in [4.78, 5) is 0. The Kier molecular flexibility index (Phi) is 5.32. The molecule has 0 saturated carbocycles. The molecule has 1 rings (SSSR count). The minimum atomic E-state index is -4.54. The highest BCUT2D eigenvalue weighted by atomic mass is 19.4. The fourth-order valence-electron chi connectivity index (χ4n) is 1.85. The van der Waals surface area contributed by atoms with Crippen LogP contribution >= 0.6 is 0 Å². The van der Waals surface area contributed by atoms with Crippen LogP contribution in [0.25, 0.3) is 0 Å². The Labute approximate surface area is 129 Å². The quantitative estimate of drug-likeness (QED) is 0.444. The van der Waals surface area contributed by atoms with Gasteiger partial charge in [-0.3, -0.25) is 0 Å². The van der Waals surface area contributed by atoms with E-state index in [1.807, 2.05) is 27.7 Å². The molecular weight excluding hydrogens is 294 g/mol. The number of hydrogen-bond acceptors (Lipinski definition) is 3. The Balaban J connectivity index is 2.87. The summed E-state index contributed by atoms with van der Waals surface area (Å²) < 4.78 is 49.3. The van der Waals surface area contributed by atoms with E-state index in [0.717, 1.165) is 6.08 Å². The first-order valence-corrected chi connectivity index (χ1v) is 6.80. The number of alkyl halides is 3. The van der Waals surface area contributed by atoms with E-state index in [1.165, 1.54) is 6.08 Å². The van der Waals surface area contributed by atoms with E-state index < -0.39 is 30.1 Å². The van der Waals surface area contributed by atoms with Crippen LogP contribution in [0.15, 0.2) is 36.0 Å². The normalized spacial score (nSPS) is 21.6. The van der Waals surface area contributed by atoms with Crippen molar-refractivity contribution in [1.82, 2.24) is 0 Å². The van der Waals surface area contributed by atoms with Crippen molar-refractivity contribution < 1.29 is 22.5 Å². The number of allylic oxidation sites excluding steroid dienone is 5. The molecule has 1 heterocycles. The van der Waals surface area contributed by atoms with Crippen molar-refractivity contribution in [2.24, 2.45) is 0 Å². The molecule has 7 heteroatoms. The first-order chi connectivity index (χ1) is 9.93. The standard InChI is InChI=1S/C15H19BF3NO2/c1-6-12(15(17,18)19)9-11(10-20)7-8-16-21-13(2,3)14(4,5)22-16/h6-7,9H,1,8H2,2-5H3/b11-7+,12-9+. The van der Waals surface area contributed by atoms with Crippen molar-refractivity contribution in [2.75, 3.05) is 0 Å². The van der Waals surface area contributed by atoms with Gasteiger partial charge in [0.25, 0.3) is 0 Å². The fourth-order valence-corrected chi connectivity index (χ4v) is 1.85. The van der Waals surface area contributed by atoms with Crippen molar-refractivity contribution >= 4 is 7.12 Å². The Hall–Kier alpha value is -1.52. The maximum Gasteiger partial charge on any atom is 0.461 e. The van der Waals surface area contributed by atoms with Gasteiger partial charge in [-0.15, -0.1) is 0 Å². The Bertz CT molecular complexity index is 526. The van der Waals surface area contributed by atoms with Gasteiger partial charge in [0.2, 0.25) is 0 Å². The minimum absolute atomic E-state index is 0.109. The summed E-state index contributed by atoms with van der Waals surface area (Å²) in [6.45, 7) is 10.6. The van der Waals surface area contributed by atoms with Crippen LogP contribution in [0.3, 0.4) is 0 Å². The zero-order chi connectivity index (χ0) is 17.2. The monoisotopic (exact) mass is 313 g/mol. The van der Waals surface area contributed by atoms with Crippen molar-refractivity contribution in [3.8, 4) is 6.07 Å². The molecule has 0 spiro atoms. The molecule has 0 aromatic heterocycles. The SMILES string of the molecule is C=C/C(=C\C(C#N)=C/CB1OC(C)(C)C(C)(C)O1)C(F)(F)F. The highest BCUT2D eigenvalue weighted by Crippen LogP contribution is 2.38. The summed E-state index contributed by atoms with van der Waals surface area (Å²) in [5.41, 5.74) is -2.12. The lowest BCUT2D eigenvalue weighted by atomic mass is 9.84. The molecule has 3 nitrogen and oxygen atoms in total. The van der Waals surface area contributed by atoms with Gasteiger partial charge < -0.3 is 9.31 Å². The lowest BCUT2D eigenvalue weighted by Gasteiger charge is -2.32. The highest BCUT2D eigenvalue weighted by Gasteiger charge is 2.50. The topological polar surface area (TPSA) is 42.2 Å². The summed E-state index contributed by atoms with van der Waals surface area (Å²) >= 11 is 0.